The number of benzene rings is 2. The average molecular weight is 512 g/mol. The summed E-state index contributed by atoms with van der Waals surface area (Å²) in [5.41, 5.74) is 0.427. The van der Waals surface area contributed by atoms with Crippen LogP contribution in [0.2, 0.25) is 0 Å². The smallest absolute Gasteiger partial charge is 0.342 e. The molecule has 11 nitrogen and oxygen atoms in total. The number of pyridine rings is 1. The zero-order valence-electron chi connectivity index (χ0n) is 19.7. The van der Waals surface area contributed by atoms with Crippen molar-refractivity contribution in [1.29, 1.82) is 0 Å². The molecule has 36 heavy (non-hydrogen) atoms. The van der Waals surface area contributed by atoms with Crippen molar-refractivity contribution in [1.82, 2.24) is 9.88 Å². The van der Waals surface area contributed by atoms with Gasteiger partial charge < -0.3 is 14.7 Å². The SMILES string of the molecule is CCCN(C)C(=O)COC(=O)c1cc(N=Nc2ccc(S(=O)(=O)Nc3ccccn3)cc2)ccc1O. The topological polar surface area (TPSA) is 151 Å². The second-order valence-electron chi connectivity index (χ2n) is 7.61. The van der Waals surface area contributed by atoms with Crippen LogP contribution < -0.4 is 4.72 Å². The number of phenols is 1. The monoisotopic (exact) mass is 511 g/mol. The second-order valence-corrected chi connectivity index (χ2v) is 9.29. The van der Waals surface area contributed by atoms with Crippen molar-refractivity contribution in [3.63, 3.8) is 0 Å². The third kappa shape index (κ3) is 7.09. The molecule has 1 aromatic heterocycles. The fourth-order valence-electron chi connectivity index (χ4n) is 2.95. The van der Waals surface area contributed by atoms with Gasteiger partial charge in [0.2, 0.25) is 0 Å². The summed E-state index contributed by atoms with van der Waals surface area (Å²) in [6.07, 6.45) is 2.24. The molecule has 0 fully saturated rings. The van der Waals surface area contributed by atoms with E-state index in [9.17, 15) is 23.1 Å². The van der Waals surface area contributed by atoms with Gasteiger partial charge in [-0.05, 0) is 61.0 Å². The lowest BCUT2D eigenvalue weighted by Crippen LogP contribution is -2.31. The molecule has 2 N–H and O–H groups in total. The molecule has 3 aromatic rings. The summed E-state index contributed by atoms with van der Waals surface area (Å²) >= 11 is 0. The van der Waals surface area contributed by atoms with Gasteiger partial charge in [0.05, 0.1) is 16.3 Å². The Labute approximate surface area is 208 Å². The van der Waals surface area contributed by atoms with Gasteiger partial charge in [-0.2, -0.15) is 10.2 Å². The first-order valence-electron chi connectivity index (χ1n) is 10.9. The van der Waals surface area contributed by atoms with E-state index in [1.807, 2.05) is 6.92 Å². The van der Waals surface area contributed by atoms with Crippen molar-refractivity contribution in [2.24, 2.45) is 10.2 Å². The number of carbonyl (C=O) groups is 2. The molecule has 0 saturated carbocycles. The molecule has 0 spiro atoms. The number of esters is 1. The number of azo groups is 1. The van der Waals surface area contributed by atoms with E-state index in [1.54, 1.807) is 19.2 Å². The quantitative estimate of drug-likeness (QED) is 0.308. The van der Waals surface area contributed by atoms with Gasteiger partial charge in [0.1, 0.15) is 17.1 Å². The van der Waals surface area contributed by atoms with Crippen LogP contribution in [0, 0.1) is 0 Å². The summed E-state index contributed by atoms with van der Waals surface area (Å²) in [6, 6.07) is 14.5. The molecule has 0 unspecified atom stereocenters. The highest BCUT2D eigenvalue weighted by molar-refractivity contribution is 7.92. The summed E-state index contributed by atoms with van der Waals surface area (Å²) in [5, 5.41) is 18.1. The molecule has 12 heteroatoms. The van der Waals surface area contributed by atoms with Crippen molar-refractivity contribution in [2.75, 3.05) is 24.9 Å². The molecular weight excluding hydrogens is 486 g/mol. The van der Waals surface area contributed by atoms with Gasteiger partial charge >= 0.3 is 5.97 Å². The largest absolute Gasteiger partial charge is 0.507 e. The number of aromatic nitrogens is 1. The van der Waals surface area contributed by atoms with E-state index in [-0.39, 0.29) is 33.6 Å². The molecule has 0 aliphatic carbocycles. The van der Waals surface area contributed by atoms with Crippen LogP contribution >= 0.6 is 0 Å². The van der Waals surface area contributed by atoms with Crippen LogP contribution in [0.3, 0.4) is 0 Å². The number of nitrogens with one attached hydrogen (secondary N) is 1. The predicted octanol–water partition coefficient (Wildman–Crippen LogP) is 4.03. The number of nitrogens with zero attached hydrogens (tertiary/aromatic N) is 4. The van der Waals surface area contributed by atoms with Crippen LogP contribution in [-0.4, -0.2) is 55.5 Å². The zero-order chi connectivity index (χ0) is 26.1. The highest BCUT2D eigenvalue weighted by atomic mass is 32.2. The number of amides is 1. The molecule has 3 rings (SSSR count). The number of hydrogen-bond donors (Lipinski definition) is 2. The maximum Gasteiger partial charge on any atom is 0.342 e. The number of ether oxygens (including phenoxy) is 1. The Hall–Kier alpha value is -4.32. The fraction of sp³-hybridized carbons (Fsp3) is 0.208. The molecule has 0 saturated heterocycles. The maximum absolute atomic E-state index is 12.5. The predicted molar refractivity (Wildman–Crippen MR) is 132 cm³/mol. The van der Waals surface area contributed by atoms with Crippen molar-refractivity contribution in [3.8, 4) is 5.75 Å². The highest BCUT2D eigenvalue weighted by Crippen LogP contribution is 2.26. The highest BCUT2D eigenvalue weighted by Gasteiger charge is 2.17. The van der Waals surface area contributed by atoms with Crippen LogP contribution in [0.1, 0.15) is 23.7 Å². The summed E-state index contributed by atoms with van der Waals surface area (Å²) in [5.74, 6) is -1.37. The third-order valence-corrected chi connectivity index (χ3v) is 6.21. The van der Waals surface area contributed by atoms with Crippen molar-refractivity contribution < 1.29 is 27.9 Å². The molecule has 1 heterocycles. The number of carbonyl (C=O) groups excluding carboxylic acids is 2. The van der Waals surface area contributed by atoms with E-state index in [4.69, 9.17) is 4.74 Å². The molecule has 0 atom stereocenters. The molecule has 2 aromatic carbocycles. The number of rotatable bonds is 10. The maximum atomic E-state index is 12.5. The van der Waals surface area contributed by atoms with Gasteiger partial charge in [0, 0.05) is 19.8 Å². The Morgan fingerprint density at radius 1 is 1.06 bits per heavy atom. The van der Waals surface area contributed by atoms with Crippen LogP contribution in [0.4, 0.5) is 17.2 Å². The van der Waals surface area contributed by atoms with Crippen LogP contribution in [0.5, 0.6) is 5.75 Å². The van der Waals surface area contributed by atoms with Gasteiger partial charge in [-0.25, -0.2) is 18.2 Å². The minimum Gasteiger partial charge on any atom is -0.507 e. The summed E-state index contributed by atoms with van der Waals surface area (Å²) in [6.45, 7) is 2.00. The summed E-state index contributed by atoms with van der Waals surface area (Å²) in [4.78, 5) is 29.7. The lowest BCUT2D eigenvalue weighted by molar-refractivity contribution is -0.133. The first kappa shape index (κ1) is 26.3. The normalized spacial score (nSPS) is 11.3. The van der Waals surface area contributed by atoms with Crippen molar-refractivity contribution >= 4 is 39.1 Å². The second kappa shape index (κ2) is 11.9. The molecular formula is C24H25N5O6S. The number of phenolic OH excluding ortho intramolecular Hbond substituents is 1. The molecule has 0 aliphatic heterocycles. The van der Waals surface area contributed by atoms with Crippen LogP contribution in [0.15, 0.2) is 82.0 Å². The van der Waals surface area contributed by atoms with E-state index in [0.29, 0.717) is 12.2 Å². The van der Waals surface area contributed by atoms with Crippen molar-refractivity contribution in [2.45, 2.75) is 18.2 Å². The molecule has 0 bridgehead atoms. The Morgan fingerprint density at radius 3 is 2.42 bits per heavy atom. The minimum atomic E-state index is -3.83. The van der Waals surface area contributed by atoms with Crippen molar-refractivity contribution in [3.05, 3.63) is 72.4 Å². The molecule has 0 radical (unpaired) electrons. The van der Waals surface area contributed by atoms with Gasteiger partial charge in [0.15, 0.2) is 6.61 Å². The van der Waals surface area contributed by atoms with Gasteiger partial charge in [-0.3, -0.25) is 9.52 Å². The number of hydrogen-bond acceptors (Lipinski definition) is 9. The van der Waals surface area contributed by atoms with Gasteiger partial charge in [-0.1, -0.05) is 13.0 Å². The third-order valence-electron chi connectivity index (χ3n) is 4.84. The standard InChI is InChI=1S/C24H25N5O6S/c1-3-14-29(2)23(31)16-35-24(32)20-15-18(9-12-21(20)30)27-26-17-7-10-19(11-8-17)36(33,34)28-22-6-4-5-13-25-22/h4-13,15,30H,3,14,16H2,1-2H3,(H,25,28). The average Bonchev–Trinajstić information content (AvgIpc) is 2.87. The van der Waals surface area contributed by atoms with E-state index in [2.05, 4.69) is 19.9 Å². The molecule has 1 amide bonds. The number of anilines is 1. The van der Waals surface area contributed by atoms with Gasteiger partial charge in [-0.15, -0.1) is 0 Å². The van der Waals surface area contributed by atoms with Crippen LogP contribution in [-0.2, 0) is 19.6 Å². The van der Waals surface area contributed by atoms with E-state index < -0.39 is 22.6 Å². The minimum absolute atomic E-state index is 0.0147. The first-order valence-corrected chi connectivity index (χ1v) is 12.4. The molecule has 188 valence electrons. The lowest BCUT2D eigenvalue weighted by atomic mass is 10.2. The fourth-order valence-corrected chi connectivity index (χ4v) is 3.96. The molecule has 0 aliphatic rings. The number of sulfonamides is 1. The Bertz CT molecular complexity index is 1350. The van der Waals surface area contributed by atoms with E-state index >= 15 is 0 Å². The number of likely N-dealkylation sites (N-methyl/N-ethyl adjacent to an activating group) is 1. The lowest BCUT2D eigenvalue weighted by Gasteiger charge is -2.15. The van der Waals surface area contributed by atoms with Crippen LogP contribution in [0.25, 0.3) is 0 Å². The first-order chi connectivity index (χ1) is 17.2. The number of aromatic hydroxyl groups is 1. The van der Waals surface area contributed by atoms with Gasteiger partial charge in [0.25, 0.3) is 15.9 Å². The summed E-state index contributed by atoms with van der Waals surface area (Å²) < 4.78 is 32.4. The Morgan fingerprint density at radius 2 is 1.75 bits per heavy atom. The van der Waals surface area contributed by atoms with E-state index in [1.165, 1.54) is 59.6 Å². The van der Waals surface area contributed by atoms with E-state index in [0.717, 1.165) is 6.42 Å². The Kier molecular flexibility index (Phi) is 8.68. The Balaban J connectivity index is 1.67. The zero-order valence-corrected chi connectivity index (χ0v) is 20.5. The summed E-state index contributed by atoms with van der Waals surface area (Å²) in [7, 11) is -2.22.